The second kappa shape index (κ2) is 10.5. The van der Waals surface area contributed by atoms with Crippen LogP contribution in [-0.4, -0.2) is 68.8 Å². The van der Waals surface area contributed by atoms with Gasteiger partial charge in [-0.25, -0.2) is 12.7 Å². The van der Waals surface area contributed by atoms with Gasteiger partial charge in [-0.1, -0.05) is 45.0 Å². The molecule has 0 radical (unpaired) electrons. The van der Waals surface area contributed by atoms with Gasteiger partial charge in [0.2, 0.25) is 10.0 Å². The van der Waals surface area contributed by atoms with Gasteiger partial charge in [0.25, 0.3) is 11.7 Å². The zero-order chi connectivity index (χ0) is 26.8. The molecule has 0 aliphatic carbocycles. The van der Waals surface area contributed by atoms with Crippen LogP contribution in [0.3, 0.4) is 0 Å². The number of aliphatic hydroxyl groups is 1. The molecular weight excluding hydrogens is 480 g/mol. The highest BCUT2D eigenvalue weighted by Crippen LogP contribution is 2.40. The van der Waals surface area contributed by atoms with Crippen molar-refractivity contribution in [3.63, 3.8) is 0 Å². The molecule has 1 heterocycles. The average Bonchev–Trinajstić information content (AvgIpc) is 3.08. The van der Waals surface area contributed by atoms with Gasteiger partial charge < -0.3 is 14.7 Å². The van der Waals surface area contributed by atoms with Gasteiger partial charge in [0, 0.05) is 39.9 Å². The summed E-state index contributed by atoms with van der Waals surface area (Å²) in [6, 6.07) is 12.5. The van der Waals surface area contributed by atoms with Crippen LogP contribution in [0.25, 0.3) is 5.76 Å². The normalized spacial score (nSPS) is 18.3. The van der Waals surface area contributed by atoms with E-state index in [9.17, 15) is 23.1 Å². The number of likely N-dealkylation sites (tertiary alicyclic amines) is 1. The maximum atomic E-state index is 13.1. The summed E-state index contributed by atoms with van der Waals surface area (Å²) in [7, 11) is 0.771. The van der Waals surface area contributed by atoms with Crippen molar-refractivity contribution >= 4 is 27.5 Å². The Morgan fingerprint density at radius 2 is 1.61 bits per heavy atom. The molecule has 1 unspecified atom stereocenters. The number of sulfonamides is 1. The van der Waals surface area contributed by atoms with E-state index >= 15 is 0 Å². The zero-order valence-electron chi connectivity index (χ0n) is 21.6. The highest BCUT2D eigenvalue weighted by Gasteiger charge is 2.45. The van der Waals surface area contributed by atoms with Crippen molar-refractivity contribution in [3.05, 3.63) is 70.8 Å². The number of ketones is 1. The lowest BCUT2D eigenvalue weighted by molar-refractivity contribution is -0.140. The first-order valence-electron chi connectivity index (χ1n) is 11.7. The summed E-state index contributed by atoms with van der Waals surface area (Å²) in [5, 5.41) is 11.2. The molecule has 1 fully saturated rings. The van der Waals surface area contributed by atoms with E-state index in [0.29, 0.717) is 18.6 Å². The van der Waals surface area contributed by atoms with Crippen molar-refractivity contribution in [2.24, 2.45) is 0 Å². The topological polar surface area (TPSA) is 104 Å². The highest BCUT2D eigenvalue weighted by molar-refractivity contribution is 7.89. The first-order valence-corrected chi connectivity index (χ1v) is 13.2. The van der Waals surface area contributed by atoms with E-state index in [2.05, 4.69) is 20.8 Å². The van der Waals surface area contributed by atoms with Crippen LogP contribution in [-0.2, 0) is 29.8 Å². The number of methoxy groups -OCH3 is 1. The number of carbonyl (C=O) groups excluding carboxylic acids is 2. The Morgan fingerprint density at radius 3 is 2.11 bits per heavy atom. The summed E-state index contributed by atoms with van der Waals surface area (Å²) in [6.45, 7) is 6.98. The second-order valence-corrected chi connectivity index (χ2v) is 12.2. The lowest BCUT2D eigenvalue weighted by Crippen LogP contribution is -2.31. The molecule has 0 saturated carbocycles. The monoisotopic (exact) mass is 514 g/mol. The number of hydrogen-bond donors (Lipinski definition) is 1. The number of Topliss-reactive ketones (excluding diaryl/α,β-unsaturated/α-hetero) is 1. The van der Waals surface area contributed by atoms with Crippen LogP contribution in [0.5, 0.6) is 0 Å². The van der Waals surface area contributed by atoms with Gasteiger partial charge in [-0.3, -0.25) is 9.59 Å². The van der Waals surface area contributed by atoms with Crippen molar-refractivity contribution in [1.29, 1.82) is 0 Å². The SMILES string of the molecule is COCCCN1C(=O)C(=O)/C(=C(/O)c2ccc(S(=O)(=O)N(C)C)cc2)C1c1ccc(C(C)(C)C)cc1. The molecule has 1 aliphatic heterocycles. The number of ether oxygens (including phenoxy) is 1. The summed E-state index contributed by atoms with van der Waals surface area (Å²) < 4.78 is 31.0. The second-order valence-electron chi connectivity index (χ2n) is 10.0. The lowest BCUT2D eigenvalue weighted by atomic mass is 9.85. The van der Waals surface area contributed by atoms with Crippen LogP contribution in [0.2, 0.25) is 0 Å². The Balaban J connectivity index is 2.11. The number of rotatable bonds is 8. The number of nitrogens with zero attached hydrogens (tertiary/aromatic N) is 2. The van der Waals surface area contributed by atoms with E-state index in [-0.39, 0.29) is 33.8 Å². The Bertz CT molecular complexity index is 1260. The van der Waals surface area contributed by atoms with Gasteiger partial charge >= 0.3 is 0 Å². The number of hydrogen-bond acceptors (Lipinski definition) is 6. The van der Waals surface area contributed by atoms with Crippen LogP contribution in [0, 0.1) is 0 Å². The smallest absolute Gasteiger partial charge is 0.295 e. The van der Waals surface area contributed by atoms with E-state index in [1.54, 1.807) is 7.11 Å². The van der Waals surface area contributed by atoms with E-state index < -0.39 is 27.8 Å². The maximum absolute atomic E-state index is 13.1. The first-order chi connectivity index (χ1) is 16.8. The van der Waals surface area contributed by atoms with Crippen LogP contribution in [0.15, 0.2) is 59.0 Å². The third-order valence-corrected chi connectivity index (χ3v) is 8.12. The Hall–Kier alpha value is -3.01. The van der Waals surface area contributed by atoms with Gasteiger partial charge in [-0.15, -0.1) is 0 Å². The molecule has 36 heavy (non-hydrogen) atoms. The summed E-state index contributed by atoms with van der Waals surface area (Å²) >= 11 is 0. The van der Waals surface area contributed by atoms with E-state index in [0.717, 1.165) is 9.87 Å². The predicted octanol–water partition coefficient (Wildman–Crippen LogP) is 3.69. The van der Waals surface area contributed by atoms with E-state index in [4.69, 9.17) is 4.74 Å². The highest BCUT2D eigenvalue weighted by atomic mass is 32.2. The molecule has 194 valence electrons. The molecule has 2 aromatic carbocycles. The molecule has 0 spiro atoms. The van der Waals surface area contributed by atoms with Crippen LogP contribution < -0.4 is 0 Å². The summed E-state index contributed by atoms with van der Waals surface area (Å²) in [5.74, 6) is -1.81. The quantitative estimate of drug-likeness (QED) is 0.249. The third kappa shape index (κ3) is 5.38. The van der Waals surface area contributed by atoms with Crippen LogP contribution in [0.4, 0.5) is 0 Å². The molecule has 9 heteroatoms. The van der Waals surface area contributed by atoms with E-state index in [1.807, 2.05) is 24.3 Å². The number of carbonyl (C=O) groups is 2. The molecule has 1 saturated heterocycles. The zero-order valence-corrected chi connectivity index (χ0v) is 22.4. The molecular formula is C27H34N2O6S. The van der Waals surface area contributed by atoms with Crippen molar-refractivity contribution in [2.45, 2.75) is 43.5 Å². The van der Waals surface area contributed by atoms with E-state index in [1.165, 1.54) is 43.3 Å². The van der Waals surface area contributed by atoms with Gasteiger partial charge in [-0.05, 0) is 47.2 Å². The standard InChI is InChI=1S/C27H34N2O6S/c1-27(2,3)20-12-8-18(9-13-20)23-22(25(31)26(32)29(23)16-7-17-35-6)24(30)19-10-14-21(15-11-19)36(33,34)28(4)5/h8-15,23,30H,7,16-17H2,1-6H3/b24-22+. The fourth-order valence-corrected chi connectivity index (χ4v) is 5.05. The molecule has 3 rings (SSSR count). The molecule has 1 atom stereocenters. The van der Waals surface area contributed by atoms with Gasteiger partial charge in [0.15, 0.2) is 0 Å². The molecule has 1 amide bonds. The molecule has 1 aliphatic rings. The molecule has 0 aromatic heterocycles. The summed E-state index contributed by atoms with van der Waals surface area (Å²) in [5.41, 5.74) is 1.95. The minimum Gasteiger partial charge on any atom is -0.507 e. The minimum atomic E-state index is -3.66. The predicted molar refractivity (Wildman–Crippen MR) is 138 cm³/mol. The Labute approximate surface area is 213 Å². The molecule has 8 nitrogen and oxygen atoms in total. The lowest BCUT2D eigenvalue weighted by Gasteiger charge is -2.26. The molecule has 0 bridgehead atoms. The van der Waals surface area contributed by atoms with Crippen molar-refractivity contribution in [2.75, 3.05) is 34.4 Å². The van der Waals surface area contributed by atoms with Crippen LogP contribution in [0.1, 0.15) is 49.9 Å². The van der Waals surface area contributed by atoms with Gasteiger partial charge in [0.1, 0.15) is 5.76 Å². The molecule has 1 N–H and O–H groups in total. The fraction of sp³-hybridized carbons (Fsp3) is 0.407. The maximum Gasteiger partial charge on any atom is 0.295 e. The van der Waals surface area contributed by atoms with Crippen molar-refractivity contribution < 1.29 is 27.9 Å². The number of aliphatic hydroxyl groups excluding tert-OH is 1. The largest absolute Gasteiger partial charge is 0.507 e. The van der Waals surface area contributed by atoms with Crippen LogP contribution >= 0.6 is 0 Å². The number of amides is 1. The summed E-state index contributed by atoms with van der Waals surface area (Å²) in [4.78, 5) is 27.7. The summed E-state index contributed by atoms with van der Waals surface area (Å²) in [6.07, 6.45) is 0.525. The van der Waals surface area contributed by atoms with Gasteiger partial charge in [0.05, 0.1) is 16.5 Å². The third-order valence-electron chi connectivity index (χ3n) is 6.29. The Kier molecular flexibility index (Phi) is 8.07. The minimum absolute atomic E-state index is 0.0239. The number of benzene rings is 2. The fourth-order valence-electron chi connectivity index (χ4n) is 4.15. The average molecular weight is 515 g/mol. The van der Waals surface area contributed by atoms with Crippen molar-refractivity contribution in [3.8, 4) is 0 Å². The molecule has 2 aromatic rings. The van der Waals surface area contributed by atoms with Gasteiger partial charge in [-0.2, -0.15) is 0 Å². The first kappa shape index (κ1) is 27.6. The van der Waals surface area contributed by atoms with Crippen molar-refractivity contribution in [1.82, 2.24) is 9.21 Å². The Morgan fingerprint density at radius 1 is 1.03 bits per heavy atom.